The Morgan fingerprint density at radius 3 is 2.59 bits per heavy atom. The van der Waals surface area contributed by atoms with Crippen LogP contribution in [-0.2, 0) is 13.0 Å². The molecule has 0 amide bonds. The molecule has 1 aromatic carbocycles. The molecule has 1 saturated heterocycles. The molecule has 1 aliphatic heterocycles. The Labute approximate surface area is 176 Å². The SMILES string of the molecule is CC(C)Cc1cc(F)c(/C(N)=N/N)c(N2CCN(Cc3cc(Cl)ccn3)CC2)c1. The van der Waals surface area contributed by atoms with Gasteiger partial charge in [-0.2, -0.15) is 5.10 Å². The number of pyridine rings is 1. The van der Waals surface area contributed by atoms with E-state index in [1.54, 1.807) is 12.3 Å². The zero-order valence-electron chi connectivity index (χ0n) is 16.9. The average molecular weight is 419 g/mol. The number of piperazine rings is 1. The van der Waals surface area contributed by atoms with Crippen LogP contribution in [-0.4, -0.2) is 41.9 Å². The summed E-state index contributed by atoms with van der Waals surface area (Å²) in [6.45, 7) is 8.10. The Morgan fingerprint density at radius 1 is 1.24 bits per heavy atom. The quantitative estimate of drug-likeness (QED) is 0.326. The highest BCUT2D eigenvalue weighted by atomic mass is 35.5. The number of hydrazone groups is 1. The number of rotatable bonds is 6. The van der Waals surface area contributed by atoms with Crippen molar-refractivity contribution in [3.8, 4) is 0 Å². The fourth-order valence-electron chi connectivity index (χ4n) is 3.71. The van der Waals surface area contributed by atoms with Gasteiger partial charge in [0.05, 0.1) is 16.9 Å². The molecule has 0 saturated carbocycles. The lowest BCUT2D eigenvalue weighted by Gasteiger charge is -2.37. The number of hydrogen-bond donors (Lipinski definition) is 2. The minimum absolute atomic E-state index is 0.0131. The molecule has 3 rings (SSSR count). The largest absolute Gasteiger partial charge is 0.382 e. The molecule has 0 radical (unpaired) electrons. The summed E-state index contributed by atoms with van der Waals surface area (Å²) >= 11 is 6.06. The van der Waals surface area contributed by atoms with E-state index < -0.39 is 0 Å². The second-order valence-electron chi connectivity index (χ2n) is 7.81. The molecule has 0 unspecified atom stereocenters. The van der Waals surface area contributed by atoms with Gasteiger partial charge in [0.2, 0.25) is 0 Å². The van der Waals surface area contributed by atoms with Gasteiger partial charge in [0.25, 0.3) is 0 Å². The second-order valence-corrected chi connectivity index (χ2v) is 8.25. The summed E-state index contributed by atoms with van der Waals surface area (Å²) in [7, 11) is 0. The number of anilines is 1. The van der Waals surface area contributed by atoms with E-state index in [1.165, 1.54) is 6.07 Å². The molecule has 1 aliphatic rings. The Morgan fingerprint density at radius 2 is 1.97 bits per heavy atom. The van der Waals surface area contributed by atoms with Crippen LogP contribution < -0.4 is 16.5 Å². The number of amidine groups is 1. The van der Waals surface area contributed by atoms with Crippen LogP contribution in [0, 0.1) is 11.7 Å². The lowest BCUT2D eigenvalue weighted by molar-refractivity contribution is 0.247. The van der Waals surface area contributed by atoms with E-state index in [-0.39, 0.29) is 17.2 Å². The van der Waals surface area contributed by atoms with Crippen LogP contribution in [0.5, 0.6) is 0 Å². The highest BCUT2D eigenvalue weighted by Gasteiger charge is 2.24. The first kappa shape index (κ1) is 21.3. The second kappa shape index (κ2) is 9.41. The van der Waals surface area contributed by atoms with Crippen molar-refractivity contribution in [1.29, 1.82) is 0 Å². The minimum atomic E-state index is -0.379. The summed E-state index contributed by atoms with van der Waals surface area (Å²) in [6, 6.07) is 7.21. The summed E-state index contributed by atoms with van der Waals surface area (Å²) in [6.07, 6.45) is 2.52. The smallest absolute Gasteiger partial charge is 0.155 e. The molecule has 2 aromatic rings. The highest BCUT2D eigenvalue weighted by molar-refractivity contribution is 6.30. The van der Waals surface area contributed by atoms with Crippen LogP contribution in [0.1, 0.15) is 30.7 Å². The van der Waals surface area contributed by atoms with Gasteiger partial charge in [-0.05, 0) is 42.2 Å². The van der Waals surface area contributed by atoms with Crippen LogP contribution in [0.25, 0.3) is 0 Å². The predicted molar refractivity (Wildman–Crippen MR) is 117 cm³/mol. The molecular formula is C21H28ClFN6. The number of nitrogens with two attached hydrogens (primary N) is 2. The first-order valence-corrected chi connectivity index (χ1v) is 10.2. The van der Waals surface area contributed by atoms with Crippen molar-refractivity contribution in [2.75, 3.05) is 31.1 Å². The summed E-state index contributed by atoms with van der Waals surface area (Å²) < 4.78 is 14.9. The topological polar surface area (TPSA) is 83.8 Å². The van der Waals surface area contributed by atoms with E-state index in [0.29, 0.717) is 10.9 Å². The zero-order valence-corrected chi connectivity index (χ0v) is 17.7. The molecule has 0 bridgehead atoms. The summed E-state index contributed by atoms with van der Waals surface area (Å²) in [5.74, 6) is 5.42. The molecule has 4 N–H and O–H groups in total. The monoisotopic (exact) mass is 418 g/mol. The number of nitrogens with zero attached hydrogens (tertiary/aromatic N) is 4. The molecule has 8 heteroatoms. The first-order chi connectivity index (χ1) is 13.9. The summed E-state index contributed by atoms with van der Waals surface area (Å²) in [4.78, 5) is 8.84. The molecule has 6 nitrogen and oxygen atoms in total. The van der Waals surface area contributed by atoms with Crippen molar-refractivity contribution in [2.24, 2.45) is 22.6 Å². The van der Waals surface area contributed by atoms with Gasteiger partial charge >= 0.3 is 0 Å². The number of hydrogen-bond acceptors (Lipinski definition) is 5. The van der Waals surface area contributed by atoms with Crippen LogP contribution in [0.4, 0.5) is 10.1 Å². The average Bonchev–Trinajstić information content (AvgIpc) is 2.67. The molecule has 0 aliphatic carbocycles. The Bertz CT molecular complexity index is 877. The maximum atomic E-state index is 14.9. The third-order valence-electron chi connectivity index (χ3n) is 5.05. The number of aromatic nitrogens is 1. The third-order valence-corrected chi connectivity index (χ3v) is 5.28. The van der Waals surface area contributed by atoms with E-state index in [2.05, 4.69) is 33.7 Å². The first-order valence-electron chi connectivity index (χ1n) is 9.81. The van der Waals surface area contributed by atoms with E-state index in [4.69, 9.17) is 23.2 Å². The molecule has 1 aromatic heterocycles. The third kappa shape index (κ3) is 5.36. The highest BCUT2D eigenvalue weighted by Crippen LogP contribution is 2.28. The van der Waals surface area contributed by atoms with Crippen LogP contribution >= 0.6 is 11.6 Å². The van der Waals surface area contributed by atoms with Crippen LogP contribution in [0.2, 0.25) is 5.02 Å². The summed E-state index contributed by atoms with van der Waals surface area (Å²) in [5.41, 5.74) is 8.86. The maximum Gasteiger partial charge on any atom is 0.155 e. The van der Waals surface area contributed by atoms with Gasteiger partial charge < -0.3 is 16.5 Å². The van der Waals surface area contributed by atoms with Crippen molar-refractivity contribution in [2.45, 2.75) is 26.8 Å². The number of benzene rings is 1. The normalized spacial score (nSPS) is 15.9. The fourth-order valence-corrected chi connectivity index (χ4v) is 3.90. The van der Waals surface area contributed by atoms with Crippen LogP contribution in [0.3, 0.4) is 0 Å². The van der Waals surface area contributed by atoms with E-state index in [1.807, 2.05) is 12.1 Å². The van der Waals surface area contributed by atoms with Gasteiger partial charge in [-0.1, -0.05) is 25.4 Å². The fraction of sp³-hybridized carbons (Fsp3) is 0.429. The molecule has 156 valence electrons. The molecule has 0 spiro atoms. The standard InChI is InChI=1S/C21H28ClFN6/c1-14(2)9-15-10-18(23)20(21(24)27-25)19(11-15)29-7-5-28(6-8-29)13-17-12-16(22)3-4-26-17/h3-4,10-12,14H,5-9,13,25H2,1-2H3,(H2,24,27). The number of halogens is 2. The molecule has 29 heavy (non-hydrogen) atoms. The van der Waals surface area contributed by atoms with Crippen molar-refractivity contribution in [1.82, 2.24) is 9.88 Å². The predicted octanol–water partition coefficient (Wildman–Crippen LogP) is 2.97. The van der Waals surface area contributed by atoms with Crippen molar-refractivity contribution >= 4 is 23.1 Å². The minimum Gasteiger partial charge on any atom is -0.382 e. The molecular weight excluding hydrogens is 391 g/mol. The van der Waals surface area contributed by atoms with Gasteiger partial charge in [0.1, 0.15) is 5.82 Å². The lowest BCUT2D eigenvalue weighted by atomic mass is 9.98. The molecule has 1 fully saturated rings. The van der Waals surface area contributed by atoms with Gasteiger partial charge in [-0.3, -0.25) is 9.88 Å². The Balaban J connectivity index is 1.78. The Kier molecular flexibility index (Phi) is 6.92. The van der Waals surface area contributed by atoms with Gasteiger partial charge in [-0.25, -0.2) is 4.39 Å². The van der Waals surface area contributed by atoms with Crippen molar-refractivity contribution in [3.63, 3.8) is 0 Å². The summed E-state index contributed by atoms with van der Waals surface area (Å²) in [5, 5.41) is 4.23. The zero-order chi connectivity index (χ0) is 21.0. The lowest BCUT2D eigenvalue weighted by Crippen LogP contribution is -2.46. The van der Waals surface area contributed by atoms with Crippen molar-refractivity contribution < 1.29 is 4.39 Å². The van der Waals surface area contributed by atoms with E-state index in [0.717, 1.165) is 56.1 Å². The van der Waals surface area contributed by atoms with Gasteiger partial charge in [-0.15, -0.1) is 0 Å². The Hall–Kier alpha value is -2.38. The van der Waals surface area contributed by atoms with Crippen LogP contribution in [0.15, 0.2) is 35.6 Å². The maximum absolute atomic E-state index is 14.9. The molecule has 0 atom stereocenters. The van der Waals surface area contributed by atoms with E-state index in [9.17, 15) is 4.39 Å². The molecule has 2 heterocycles. The van der Waals surface area contributed by atoms with Gasteiger partial charge in [0.15, 0.2) is 5.84 Å². The van der Waals surface area contributed by atoms with Gasteiger partial charge in [0, 0.05) is 43.9 Å². The van der Waals surface area contributed by atoms with Crippen molar-refractivity contribution in [3.05, 3.63) is 58.1 Å². The van der Waals surface area contributed by atoms with E-state index >= 15 is 0 Å².